The fourth-order valence-electron chi connectivity index (χ4n) is 3.27. The molecule has 0 aromatic heterocycles. The molecule has 1 aliphatic rings. The smallest absolute Gasteiger partial charge is 0.0230 e. The first-order valence-corrected chi connectivity index (χ1v) is 7.57. The monoisotopic (exact) mass is 280 g/mol. The van der Waals surface area contributed by atoms with Crippen molar-refractivity contribution in [3.05, 3.63) is 58.7 Å². The Morgan fingerprint density at radius 3 is 2.33 bits per heavy atom. The van der Waals surface area contributed by atoms with Crippen molar-refractivity contribution in [2.45, 2.75) is 19.5 Å². The summed E-state index contributed by atoms with van der Waals surface area (Å²) in [5, 5.41) is 0. The van der Waals surface area contributed by atoms with Crippen molar-refractivity contribution in [2.75, 3.05) is 28.2 Å². The number of rotatable bonds is 4. The van der Waals surface area contributed by atoms with Gasteiger partial charge in [0.05, 0.1) is 0 Å². The lowest BCUT2D eigenvalue weighted by Gasteiger charge is -2.13. The van der Waals surface area contributed by atoms with Crippen LogP contribution in [0.3, 0.4) is 0 Å². The van der Waals surface area contributed by atoms with Crippen LogP contribution in [0.15, 0.2) is 36.4 Å². The minimum absolute atomic E-state index is 1.00. The number of fused-ring (bicyclic) bond motifs is 3. The van der Waals surface area contributed by atoms with Crippen molar-refractivity contribution in [3.63, 3.8) is 0 Å². The first-order chi connectivity index (χ1) is 10.0. The molecule has 2 aromatic rings. The number of nitrogens with zero attached hydrogens (tertiary/aromatic N) is 2. The number of benzene rings is 2. The third-order valence-electron chi connectivity index (χ3n) is 4.09. The van der Waals surface area contributed by atoms with Gasteiger partial charge in [-0.3, -0.25) is 0 Å². The molecule has 3 rings (SSSR count). The van der Waals surface area contributed by atoms with Gasteiger partial charge >= 0.3 is 0 Å². The lowest BCUT2D eigenvalue weighted by atomic mass is 10.0. The van der Waals surface area contributed by atoms with Crippen molar-refractivity contribution in [1.29, 1.82) is 0 Å². The van der Waals surface area contributed by atoms with Crippen molar-refractivity contribution >= 4 is 0 Å². The third kappa shape index (κ3) is 2.87. The van der Waals surface area contributed by atoms with Crippen LogP contribution >= 0.6 is 0 Å². The van der Waals surface area contributed by atoms with Crippen LogP contribution < -0.4 is 0 Å². The van der Waals surface area contributed by atoms with E-state index in [-0.39, 0.29) is 0 Å². The molecule has 0 spiro atoms. The summed E-state index contributed by atoms with van der Waals surface area (Å²) in [5.41, 5.74) is 8.71. The Bertz CT molecular complexity index is 657. The highest BCUT2D eigenvalue weighted by atomic mass is 15.1. The Kier molecular flexibility index (Phi) is 3.83. The first-order valence-electron chi connectivity index (χ1n) is 7.57. The molecule has 2 heteroatoms. The summed E-state index contributed by atoms with van der Waals surface area (Å²) in [5.74, 6) is 0. The second kappa shape index (κ2) is 5.63. The normalized spacial score (nSPS) is 12.9. The molecule has 0 amide bonds. The maximum absolute atomic E-state index is 2.38. The fourth-order valence-corrected chi connectivity index (χ4v) is 3.27. The van der Waals surface area contributed by atoms with Gasteiger partial charge in [0.15, 0.2) is 0 Å². The summed E-state index contributed by atoms with van der Waals surface area (Å²) in [6.07, 6.45) is 1.08. The third-order valence-corrected chi connectivity index (χ3v) is 4.09. The van der Waals surface area contributed by atoms with Gasteiger partial charge in [-0.05, 0) is 74.1 Å². The zero-order valence-corrected chi connectivity index (χ0v) is 13.5. The molecular weight excluding hydrogens is 256 g/mol. The molecule has 2 aromatic carbocycles. The SMILES string of the molecule is CN(C)Cc1ccc2c(c1)-c1cccc(CN(C)C)c1C2. The van der Waals surface area contributed by atoms with Crippen LogP contribution in [0.5, 0.6) is 0 Å². The summed E-state index contributed by atoms with van der Waals surface area (Å²) in [6.45, 7) is 2.02. The largest absolute Gasteiger partial charge is 0.305 e. The van der Waals surface area contributed by atoms with E-state index in [1.165, 1.54) is 33.4 Å². The van der Waals surface area contributed by atoms with E-state index in [0.717, 1.165) is 19.5 Å². The van der Waals surface area contributed by atoms with Crippen LogP contribution in [0.4, 0.5) is 0 Å². The zero-order chi connectivity index (χ0) is 15.0. The standard InChI is InChI=1S/C19H24N2/c1-20(2)12-14-8-9-15-11-19-16(13-21(3)4)6-5-7-17(19)18(15)10-14/h5-10H,11-13H2,1-4H3. The van der Waals surface area contributed by atoms with E-state index in [1.54, 1.807) is 0 Å². The average Bonchev–Trinajstić information content (AvgIpc) is 2.77. The summed E-state index contributed by atoms with van der Waals surface area (Å²) < 4.78 is 0. The minimum Gasteiger partial charge on any atom is -0.305 e. The lowest BCUT2D eigenvalue weighted by molar-refractivity contribution is 0.401. The maximum Gasteiger partial charge on any atom is 0.0230 e. The number of hydrogen-bond donors (Lipinski definition) is 0. The van der Waals surface area contributed by atoms with Crippen molar-refractivity contribution < 1.29 is 0 Å². The van der Waals surface area contributed by atoms with E-state index in [2.05, 4.69) is 74.4 Å². The van der Waals surface area contributed by atoms with E-state index in [4.69, 9.17) is 0 Å². The molecule has 0 atom stereocenters. The molecule has 0 heterocycles. The zero-order valence-electron chi connectivity index (χ0n) is 13.5. The van der Waals surface area contributed by atoms with Crippen LogP contribution in [0, 0.1) is 0 Å². The van der Waals surface area contributed by atoms with Gasteiger partial charge in [0, 0.05) is 13.1 Å². The molecule has 2 nitrogen and oxygen atoms in total. The quantitative estimate of drug-likeness (QED) is 0.723. The second-order valence-electron chi connectivity index (χ2n) is 6.59. The molecule has 0 N–H and O–H groups in total. The number of hydrogen-bond acceptors (Lipinski definition) is 2. The van der Waals surface area contributed by atoms with Gasteiger partial charge in [0.1, 0.15) is 0 Å². The predicted molar refractivity (Wildman–Crippen MR) is 89.5 cm³/mol. The average molecular weight is 280 g/mol. The summed E-state index contributed by atoms with van der Waals surface area (Å²) in [6, 6.07) is 13.7. The highest BCUT2D eigenvalue weighted by Gasteiger charge is 2.21. The van der Waals surface area contributed by atoms with E-state index in [1.807, 2.05) is 0 Å². The Balaban J connectivity index is 2.01. The molecule has 0 fully saturated rings. The maximum atomic E-state index is 2.38. The van der Waals surface area contributed by atoms with Gasteiger partial charge < -0.3 is 9.80 Å². The van der Waals surface area contributed by atoms with E-state index < -0.39 is 0 Å². The molecule has 1 aliphatic carbocycles. The molecule has 0 bridgehead atoms. The summed E-state index contributed by atoms with van der Waals surface area (Å²) in [7, 11) is 8.51. The van der Waals surface area contributed by atoms with Gasteiger partial charge in [0.2, 0.25) is 0 Å². The predicted octanol–water partition coefficient (Wildman–Crippen LogP) is 3.38. The Labute approximate surface area is 128 Å². The van der Waals surface area contributed by atoms with E-state index in [9.17, 15) is 0 Å². The molecular formula is C19H24N2. The second-order valence-corrected chi connectivity index (χ2v) is 6.59. The van der Waals surface area contributed by atoms with Crippen molar-refractivity contribution in [2.24, 2.45) is 0 Å². The highest BCUT2D eigenvalue weighted by Crippen LogP contribution is 2.39. The Hall–Kier alpha value is -1.64. The topological polar surface area (TPSA) is 6.48 Å². The van der Waals surface area contributed by atoms with Gasteiger partial charge in [-0.15, -0.1) is 0 Å². The van der Waals surface area contributed by atoms with E-state index >= 15 is 0 Å². The Morgan fingerprint density at radius 1 is 0.857 bits per heavy atom. The molecule has 0 unspecified atom stereocenters. The van der Waals surface area contributed by atoms with E-state index in [0.29, 0.717) is 0 Å². The van der Waals surface area contributed by atoms with Gasteiger partial charge in [-0.25, -0.2) is 0 Å². The molecule has 0 radical (unpaired) electrons. The molecule has 0 saturated carbocycles. The van der Waals surface area contributed by atoms with Gasteiger partial charge in [-0.2, -0.15) is 0 Å². The van der Waals surface area contributed by atoms with Crippen molar-refractivity contribution in [1.82, 2.24) is 9.80 Å². The molecule has 110 valence electrons. The summed E-state index contributed by atoms with van der Waals surface area (Å²) in [4.78, 5) is 4.47. The van der Waals surface area contributed by atoms with Gasteiger partial charge in [-0.1, -0.05) is 30.3 Å². The molecule has 0 saturated heterocycles. The lowest BCUT2D eigenvalue weighted by Crippen LogP contribution is -2.12. The minimum atomic E-state index is 1.00. The molecule has 0 aliphatic heterocycles. The first kappa shape index (κ1) is 14.3. The van der Waals surface area contributed by atoms with Crippen LogP contribution in [-0.2, 0) is 19.5 Å². The van der Waals surface area contributed by atoms with Crippen LogP contribution in [0.25, 0.3) is 11.1 Å². The highest BCUT2D eigenvalue weighted by molar-refractivity contribution is 5.78. The van der Waals surface area contributed by atoms with Crippen LogP contribution in [0.1, 0.15) is 22.3 Å². The molecule has 21 heavy (non-hydrogen) atoms. The fraction of sp³-hybridized carbons (Fsp3) is 0.368. The van der Waals surface area contributed by atoms with Crippen LogP contribution in [-0.4, -0.2) is 38.0 Å². The van der Waals surface area contributed by atoms with Gasteiger partial charge in [0.25, 0.3) is 0 Å². The van der Waals surface area contributed by atoms with Crippen LogP contribution in [0.2, 0.25) is 0 Å². The summed E-state index contributed by atoms with van der Waals surface area (Å²) >= 11 is 0. The Morgan fingerprint density at radius 2 is 1.62 bits per heavy atom. The van der Waals surface area contributed by atoms with Crippen molar-refractivity contribution in [3.8, 4) is 11.1 Å².